The number of hydrogen-bond donors (Lipinski definition) is 1. The molecule has 0 aliphatic rings. The summed E-state index contributed by atoms with van der Waals surface area (Å²) in [6.07, 6.45) is 7.24. The fraction of sp³-hybridized carbons (Fsp3) is 0.786. The minimum atomic E-state index is 0.350. The minimum Gasteiger partial charge on any atom is -0.490 e. The van der Waals surface area contributed by atoms with E-state index >= 15 is 0 Å². The number of ether oxygens (including phenoxy) is 1. The van der Waals surface area contributed by atoms with Crippen LogP contribution >= 0.6 is 0 Å². The van der Waals surface area contributed by atoms with E-state index in [1.807, 2.05) is 10.9 Å². The smallest absolute Gasteiger partial charge is 0.157 e. The summed E-state index contributed by atoms with van der Waals surface area (Å²) < 4.78 is 7.52. The van der Waals surface area contributed by atoms with Crippen LogP contribution in [-0.4, -0.2) is 29.0 Å². The second-order valence-corrected chi connectivity index (χ2v) is 4.95. The third kappa shape index (κ3) is 5.08. The molecular formula is C14H27N3O. The number of nitrogens with one attached hydrogen (secondary N) is 1. The van der Waals surface area contributed by atoms with Gasteiger partial charge in [-0.1, -0.05) is 20.3 Å². The molecule has 18 heavy (non-hydrogen) atoms. The fourth-order valence-electron chi connectivity index (χ4n) is 1.86. The maximum absolute atomic E-state index is 5.55. The molecule has 1 aromatic rings. The Hall–Kier alpha value is -1.03. The van der Waals surface area contributed by atoms with Crippen molar-refractivity contribution >= 4 is 0 Å². The van der Waals surface area contributed by atoms with Gasteiger partial charge in [0.25, 0.3) is 0 Å². The fourth-order valence-corrected chi connectivity index (χ4v) is 1.86. The van der Waals surface area contributed by atoms with Gasteiger partial charge in [-0.2, -0.15) is 5.10 Å². The first-order chi connectivity index (χ1) is 8.67. The van der Waals surface area contributed by atoms with Crippen LogP contribution in [0.3, 0.4) is 0 Å². The lowest BCUT2D eigenvalue weighted by molar-refractivity contribution is 0.316. The third-order valence-electron chi connectivity index (χ3n) is 2.99. The van der Waals surface area contributed by atoms with Gasteiger partial charge in [-0.15, -0.1) is 0 Å². The van der Waals surface area contributed by atoms with Crippen LogP contribution in [0.1, 0.15) is 53.0 Å². The molecule has 2 unspecified atom stereocenters. The minimum absolute atomic E-state index is 0.350. The quantitative estimate of drug-likeness (QED) is 0.735. The first kappa shape index (κ1) is 15.0. The molecule has 0 saturated heterocycles. The highest BCUT2D eigenvalue weighted by Gasteiger charge is 2.08. The largest absolute Gasteiger partial charge is 0.490 e. The summed E-state index contributed by atoms with van der Waals surface area (Å²) in [4.78, 5) is 0. The predicted octanol–water partition coefficient (Wildman–Crippen LogP) is 3.01. The number of nitrogens with zero attached hydrogens (tertiary/aromatic N) is 2. The lowest BCUT2D eigenvalue weighted by Gasteiger charge is -2.17. The van der Waals surface area contributed by atoms with Gasteiger partial charge < -0.3 is 10.1 Å². The van der Waals surface area contributed by atoms with Crippen LogP contribution in [0.4, 0.5) is 0 Å². The van der Waals surface area contributed by atoms with Crippen LogP contribution in [-0.2, 0) is 0 Å². The summed E-state index contributed by atoms with van der Waals surface area (Å²) in [5, 5.41) is 7.88. The SMILES string of the molecule is CCCOc1cnn(C(C)CNC(C)CCC)c1. The van der Waals surface area contributed by atoms with Gasteiger partial charge in [-0.25, -0.2) is 0 Å². The van der Waals surface area contributed by atoms with Crippen molar-refractivity contribution in [2.75, 3.05) is 13.2 Å². The van der Waals surface area contributed by atoms with E-state index in [1.54, 1.807) is 6.20 Å². The molecule has 1 N–H and O–H groups in total. The van der Waals surface area contributed by atoms with Crippen molar-refractivity contribution in [3.8, 4) is 5.75 Å². The van der Waals surface area contributed by atoms with Gasteiger partial charge in [0.2, 0.25) is 0 Å². The van der Waals surface area contributed by atoms with Crippen molar-refractivity contribution in [3.05, 3.63) is 12.4 Å². The lowest BCUT2D eigenvalue weighted by Crippen LogP contribution is -2.31. The molecule has 0 amide bonds. The summed E-state index contributed by atoms with van der Waals surface area (Å²) in [6.45, 7) is 10.4. The zero-order valence-electron chi connectivity index (χ0n) is 12.1. The van der Waals surface area contributed by atoms with Crippen molar-refractivity contribution in [2.24, 2.45) is 0 Å². The Labute approximate surface area is 111 Å². The van der Waals surface area contributed by atoms with Crippen LogP contribution in [0.5, 0.6) is 5.75 Å². The molecule has 0 aromatic carbocycles. The Bertz CT molecular complexity index is 325. The Balaban J connectivity index is 2.36. The lowest BCUT2D eigenvalue weighted by atomic mass is 10.2. The number of rotatable bonds is 9. The van der Waals surface area contributed by atoms with Crippen molar-refractivity contribution in [3.63, 3.8) is 0 Å². The maximum atomic E-state index is 5.55. The molecule has 1 heterocycles. The molecule has 4 heteroatoms. The van der Waals surface area contributed by atoms with Crippen molar-refractivity contribution in [2.45, 2.75) is 59.0 Å². The molecule has 0 radical (unpaired) electrons. The molecular weight excluding hydrogens is 226 g/mol. The molecule has 2 atom stereocenters. The van der Waals surface area contributed by atoms with Crippen molar-refractivity contribution in [1.82, 2.24) is 15.1 Å². The van der Waals surface area contributed by atoms with E-state index in [0.717, 1.165) is 25.3 Å². The van der Waals surface area contributed by atoms with E-state index in [-0.39, 0.29) is 0 Å². The molecule has 4 nitrogen and oxygen atoms in total. The zero-order chi connectivity index (χ0) is 13.4. The molecule has 0 aliphatic heterocycles. The topological polar surface area (TPSA) is 39.1 Å². The molecule has 0 aliphatic carbocycles. The summed E-state index contributed by atoms with van der Waals surface area (Å²) in [6, 6.07) is 0.923. The van der Waals surface area contributed by atoms with Gasteiger partial charge in [0, 0.05) is 12.6 Å². The molecule has 1 aromatic heterocycles. The second-order valence-electron chi connectivity index (χ2n) is 4.95. The molecule has 1 rings (SSSR count). The van der Waals surface area contributed by atoms with Gasteiger partial charge in [-0.05, 0) is 26.7 Å². The molecule has 104 valence electrons. The highest BCUT2D eigenvalue weighted by atomic mass is 16.5. The van der Waals surface area contributed by atoms with E-state index < -0.39 is 0 Å². The first-order valence-electron chi connectivity index (χ1n) is 7.07. The third-order valence-corrected chi connectivity index (χ3v) is 2.99. The first-order valence-corrected chi connectivity index (χ1v) is 7.07. The highest BCUT2D eigenvalue weighted by molar-refractivity contribution is 5.12. The normalized spacial score (nSPS) is 14.4. The van der Waals surface area contributed by atoms with Gasteiger partial charge in [-0.3, -0.25) is 4.68 Å². The Morgan fingerprint density at radius 2 is 2.11 bits per heavy atom. The molecule has 0 fully saturated rings. The standard InChI is InChI=1S/C14H27N3O/c1-5-7-12(3)15-9-13(4)17-11-14(10-16-17)18-8-6-2/h10-13,15H,5-9H2,1-4H3. The Morgan fingerprint density at radius 3 is 2.78 bits per heavy atom. The predicted molar refractivity (Wildman–Crippen MR) is 75.1 cm³/mol. The molecule has 0 saturated carbocycles. The van der Waals surface area contributed by atoms with Gasteiger partial charge in [0.15, 0.2) is 5.75 Å². The Morgan fingerprint density at radius 1 is 1.33 bits per heavy atom. The summed E-state index contributed by atoms with van der Waals surface area (Å²) in [5.74, 6) is 0.866. The van der Waals surface area contributed by atoms with Crippen LogP contribution in [0.15, 0.2) is 12.4 Å². The van der Waals surface area contributed by atoms with E-state index in [0.29, 0.717) is 12.1 Å². The van der Waals surface area contributed by atoms with Gasteiger partial charge in [0.1, 0.15) is 0 Å². The number of hydrogen-bond acceptors (Lipinski definition) is 3. The summed E-state index contributed by atoms with van der Waals surface area (Å²) in [5.41, 5.74) is 0. The van der Waals surface area contributed by atoms with Crippen LogP contribution in [0, 0.1) is 0 Å². The van der Waals surface area contributed by atoms with Gasteiger partial charge in [0.05, 0.1) is 25.0 Å². The molecule has 0 bridgehead atoms. The summed E-state index contributed by atoms with van der Waals surface area (Å²) in [7, 11) is 0. The maximum Gasteiger partial charge on any atom is 0.157 e. The van der Waals surface area contributed by atoms with E-state index in [1.165, 1.54) is 12.8 Å². The Kier molecular flexibility index (Phi) is 6.80. The van der Waals surface area contributed by atoms with Crippen LogP contribution in [0.2, 0.25) is 0 Å². The average Bonchev–Trinajstić information content (AvgIpc) is 2.82. The second kappa shape index (κ2) is 8.14. The van der Waals surface area contributed by atoms with E-state index in [4.69, 9.17) is 4.74 Å². The van der Waals surface area contributed by atoms with Crippen molar-refractivity contribution < 1.29 is 4.74 Å². The molecule has 0 spiro atoms. The van der Waals surface area contributed by atoms with Gasteiger partial charge >= 0.3 is 0 Å². The van der Waals surface area contributed by atoms with E-state index in [9.17, 15) is 0 Å². The monoisotopic (exact) mass is 253 g/mol. The number of aromatic nitrogens is 2. The van der Waals surface area contributed by atoms with E-state index in [2.05, 4.69) is 38.1 Å². The average molecular weight is 253 g/mol. The highest BCUT2D eigenvalue weighted by Crippen LogP contribution is 2.13. The zero-order valence-corrected chi connectivity index (χ0v) is 12.1. The van der Waals surface area contributed by atoms with Crippen LogP contribution in [0.25, 0.3) is 0 Å². The van der Waals surface area contributed by atoms with Crippen LogP contribution < -0.4 is 10.1 Å². The summed E-state index contributed by atoms with van der Waals surface area (Å²) >= 11 is 0. The van der Waals surface area contributed by atoms with Crippen molar-refractivity contribution in [1.29, 1.82) is 0 Å².